The first-order valence-electron chi connectivity index (χ1n) is 9.53. The van der Waals surface area contributed by atoms with Crippen molar-refractivity contribution in [3.05, 3.63) is 24.3 Å². The van der Waals surface area contributed by atoms with E-state index in [1.165, 1.54) is 11.8 Å². The SMILES string of the molecule is CC(=O)Nc1ccc(N2C(=O)C[C@H]([NH2+]CCC[NH+]3CCOCC3)C2=O)cc1. The fraction of sp³-hybridized carbons (Fsp3) is 0.526. The monoisotopic (exact) mass is 376 g/mol. The average molecular weight is 376 g/mol. The number of carbonyl (C=O) groups excluding carboxylic acids is 3. The Kier molecular flexibility index (Phi) is 6.54. The Morgan fingerprint density at radius 1 is 1.26 bits per heavy atom. The third-order valence-corrected chi connectivity index (χ3v) is 5.01. The van der Waals surface area contributed by atoms with Crippen molar-refractivity contribution in [1.82, 2.24) is 0 Å². The van der Waals surface area contributed by atoms with Gasteiger partial charge >= 0.3 is 0 Å². The van der Waals surface area contributed by atoms with Crippen molar-refractivity contribution in [2.75, 3.05) is 49.6 Å². The summed E-state index contributed by atoms with van der Waals surface area (Å²) < 4.78 is 5.36. The molecule has 2 aliphatic heterocycles. The maximum absolute atomic E-state index is 12.7. The number of amides is 3. The summed E-state index contributed by atoms with van der Waals surface area (Å²) >= 11 is 0. The summed E-state index contributed by atoms with van der Waals surface area (Å²) in [5.41, 5.74) is 1.19. The van der Waals surface area contributed by atoms with E-state index in [9.17, 15) is 14.4 Å². The van der Waals surface area contributed by atoms with Crippen LogP contribution in [0.25, 0.3) is 0 Å². The minimum absolute atomic E-state index is 0.161. The van der Waals surface area contributed by atoms with Gasteiger partial charge in [-0.2, -0.15) is 0 Å². The molecule has 3 amide bonds. The van der Waals surface area contributed by atoms with E-state index < -0.39 is 0 Å². The standard InChI is InChI=1S/C19H26N4O4/c1-14(24)21-15-3-5-16(6-4-15)23-18(25)13-17(19(23)26)20-7-2-8-22-9-11-27-12-10-22/h3-6,17,20H,2,7-13H2,1H3,(H,21,24)/p+2/t17-/m0/s1. The third kappa shape index (κ3) is 5.12. The fourth-order valence-electron chi connectivity index (χ4n) is 3.59. The number of anilines is 2. The van der Waals surface area contributed by atoms with E-state index in [4.69, 9.17) is 4.74 Å². The molecule has 2 aliphatic rings. The van der Waals surface area contributed by atoms with E-state index in [-0.39, 0.29) is 30.2 Å². The van der Waals surface area contributed by atoms with Crippen LogP contribution in [0.3, 0.4) is 0 Å². The molecule has 0 aromatic heterocycles. The van der Waals surface area contributed by atoms with E-state index in [1.807, 2.05) is 5.32 Å². The molecule has 8 nitrogen and oxygen atoms in total. The van der Waals surface area contributed by atoms with Crippen LogP contribution in [0.5, 0.6) is 0 Å². The van der Waals surface area contributed by atoms with Crippen molar-refractivity contribution in [2.24, 2.45) is 0 Å². The highest BCUT2D eigenvalue weighted by atomic mass is 16.5. The molecule has 8 heteroatoms. The van der Waals surface area contributed by atoms with Crippen LogP contribution < -0.4 is 20.4 Å². The highest BCUT2D eigenvalue weighted by molar-refractivity contribution is 6.21. The zero-order valence-electron chi connectivity index (χ0n) is 15.7. The minimum Gasteiger partial charge on any atom is -0.370 e. The Morgan fingerprint density at radius 3 is 2.63 bits per heavy atom. The molecule has 0 saturated carbocycles. The van der Waals surface area contributed by atoms with Crippen LogP contribution in [-0.4, -0.2) is 63.2 Å². The van der Waals surface area contributed by atoms with E-state index >= 15 is 0 Å². The zero-order valence-corrected chi connectivity index (χ0v) is 15.7. The van der Waals surface area contributed by atoms with Gasteiger partial charge in [0.05, 0.1) is 38.4 Å². The molecule has 2 saturated heterocycles. The second-order valence-electron chi connectivity index (χ2n) is 7.10. The second kappa shape index (κ2) is 9.07. The van der Waals surface area contributed by atoms with E-state index in [0.717, 1.165) is 45.8 Å². The summed E-state index contributed by atoms with van der Waals surface area (Å²) in [4.78, 5) is 38.9. The fourth-order valence-corrected chi connectivity index (χ4v) is 3.59. The van der Waals surface area contributed by atoms with Crippen LogP contribution >= 0.6 is 0 Å². The number of rotatable bonds is 7. The van der Waals surface area contributed by atoms with Crippen LogP contribution in [0.1, 0.15) is 19.8 Å². The predicted molar refractivity (Wildman–Crippen MR) is 99.4 cm³/mol. The first-order valence-corrected chi connectivity index (χ1v) is 9.53. The van der Waals surface area contributed by atoms with Gasteiger partial charge in [0.15, 0.2) is 6.04 Å². The Balaban J connectivity index is 1.49. The van der Waals surface area contributed by atoms with Gasteiger partial charge in [-0.05, 0) is 24.3 Å². The third-order valence-electron chi connectivity index (χ3n) is 5.01. The van der Waals surface area contributed by atoms with Crippen molar-refractivity contribution in [1.29, 1.82) is 0 Å². The molecule has 0 aliphatic carbocycles. The number of benzene rings is 1. The topological polar surface area (TPSA) is 96.8 Å². The van der Waals surface area contributed by atoms with Gasteiger partial charge in [0.2, 0.25) is 11.8 Å². The van der Waals surface area contributed by atoms with Gasteiger partial charge < -0.3 is 20.3 Å². The molecular weight excluding hydrogens is 348 g/mol. The molecule has 146 valence electrons. The molecule has 2 heterocycles. The summed E-state index contributed by atoms with van der Waals surface area (Å²) in [6.07, 6.45) is 1.25. The van der Waals surface area contributed by atoms with Crippen molar-refractivity contribution in [3.63, 3.8) is 0 Å². The van der Waals surface area contributed by atoms with Gasteiger partial charge in [0.1, 0.15) is 13.1 Å². The lowest BCUT2D eigenvalue weighted by molar-refractivity contribution is -0.909. The second-order valence-corrected chi connectivity index (χ2v) is 7.10. The number of quaternary nitrogens is 2. The molecule has 1 atom stereocenters. The lowest BCUT2D eigenvalue weighted by Crippen LogP contribution is -3.14. The smallest absolute Gasteiger partial charge is 0.292 e. The van der Waals surface area contributed by atoms with Crippen molar-refractivity contribution >= 4 is 29.1 Å². The van der Waals surface area contributed by atoms with Crippen molar-refractivity contribution < 1.29 is 29.3 Å². The lowest BCUT2D eigenvalue weighted by Gasteiger charge is -2.23. The van der Waals surface area contributed by atoms with E-state index in [0.29, 0.717) is 11.4 Å². The lowest BCUT2D eigenvalue weighted by atomic mass is 10.2. The van der Waals surface area contributed by atoms with Crippen LogP contribution in [0.15, 0.2) is 24.3 Å². The van der Waals surface area contributed by atoms with Crippen LogP contribution in [-0.2, 0) is 19.1 Å². The number of ether oxygens (including phenoxy) is 1. The maximum atomic E-state index is 12.7. The number of nitrogens with one attached hydrogen (secondary N) is 2. The van der Waals surface area contributed by atoms with Crippen molar-refractivity contribution in [2.45, 2.75) is 25.8 Å². The molecule has 27 heavy (non-hydrogen) atoms. The summed E-state index contributed by atoms with van der Waals surface area (Å²) in [5.74, 6) is -0.497. The van der Waals surface area contributed by atoms with E-state index in [1.54, 1.807) is 29.2 Å². The molecule has 3 rings (SSSR count). The highest BCUT2D eigenvalue weighted by Crippen LogP contribution is 2.23. The van der Waals surface area contributed by atoms with Gasteiger partial charge in [-0.1, -0.05) is 0 Å². The van der Waals surface area contributed by atoms with Gasteiger partial charge in [-0.3, -0.25) is 14.4 Å². The highest BCUT2D eigenvalue weighted by Gasteiger charge is 2.42. The molecule has 0 spiro atoms. The van der Waals surface area contributed by atoms with Crippen LogP contribution in [0.4, 0.5) is 11.4 Å². The number of nitrogens with two attached hydrogens (primary N) is 1. The number of morpholine rings is 1. The largest absolute Gasteiger partial charge is 0.370 e. The molecular formula is C19H28N4O4+2. The number of nitrogens with zero attached hydrogens (tertiary/aromatic N) is 1. The van der Waals surface area contributed by atoms with Gasteiger partial charge in [-0.15, -0.1) is 0 Å². The molecule has 2 fully saturated rings. The first-order chi connectivity index (χ1) is 13.0. The normalized spacial score (nSPS) is 20.9. The molecule has 4 N–H and O–H groups in total. The Morgan fingerprint density at radius 2 is 1.96 bits per heavy atom. The summed E-state index contributed by atoms with van der Waals surface area (Å²) in [6, 6.07) is 6.42. The molecule has 0 unspecified atom stereocenters. The Bertz CT molecular complexity index is 685. The van der Waals surface area contributed by atoms with Gasteiger partial charge in [-0.25, -0.2) is 4.90 Å². The van der Waals surface area contributed by atoms with Gasteiger partial charge in [0, 0.05) is 19.0 Å². The molecule has 0 bridgehead atoms. The minimum atomic E-state index is -0.341. The van der Waals surface area contributed by atoms with Crippen LogP contribution in [0.2, 0.25) is 0 Å². The average Bonchev–Trinajstić information content (AvgIpc) is 2.94. The maximum Gasteiger partial charge on any atom is 0.292 e. The quantitative estimate of drug-likeness (QED) is 0.384. The Hall–Kier alpha value is -2.29. The predicted octanol–water partition coefficient (Wildman–Crippen LogP) is -1.85. The molecule has 1 aromatic carbocycles. The van der Waals surface area contributed by atoms with E-state index in [2.05, 4.69) is 5.32 Å². The number of hydrogen-bond donors (Lipinski definition) is 3. The van der Waals surface area contributed by atoms with Crippen molar-refractivity contribution in [3.8, 4) is 0 Å². The number of imide groups is 1. The molecule has 0 radical (unpaired) electrons. The zero-order chi connectivity index (χ0) is 19.2. The first kappa shape index (κ1) is 19.5. The summed E-state index contributed by atoms with van der Waals surface area (Å²) in [5, 5.41) is 4.66. The summed E-state index contributed by atoms with van der Waals surface area (Å²) in [6.45, 7) is 7.08. The van der Waals surface area contributed by atoms with Crippen LogP contribution in [0, 0.1) is 0 Å². The molecule has 1 aromatic rings. The summed E-state index contributed by atoms with van der Waals surface area (Å²) in [7, 11) is 0. The number of carbonyl (C=O) groups is 3. The number of hydrogen-bond acceptors (Lipinski definition) is 4. The van der Waals surface area contributed by atoms with Gasteiger partial charge in [0.25, 0.3) is 5.91 Å². The Labute approximate surface area is 158 Å².